The number of para-hydroxylation sites is 1. The highest BCUT2D eigenvalue weighted by molar-refractivity contribution is 6.00. The topological polar surface area (TPSA) is 66.9 Å². The van der Waals surface area contributed by atoms with E-state index in [1.54, 1.807) is 0 Å². The van der Waals surface area contributed by atoms with Gasteiger partial charge in [-0.15, -0.1) is 0 Å². The Balaban J connectivity index is 1.16. The van der Waals surface area contributed by atoms with E-state index < -0.39 is 5.60 Å². The molecule has 1 amide bonds. The summed E-state index contributed by atoms with van der Waals surface area (Å²) in [7, 11) is 0. The summed E-state index contributed by atoms with van der Waals surface area (Å²) in [5.74, 6) is 1.10. The summed E-state index contributed by atoms with van der Waals surface area (Å²) in [6.07, 6.45) is 4.30. The first-order valence-corrected chi connectivity index (χ1v) is 11.5. The van der Waals surface area contributed by atoms with Gasteiger partial charge in [0.2, 0.25) is 5.91 Å². The van der Waals surface area contributed by atoms with Crippen molar-refractivity contribution >= 4 is 23.7 Å². The third kappa shape index (κ3) is 3.90. The number of nitrogens with zero attached hydrogens (tertiary/aromatic N) is 2. The number of ketones is 1. The SMILES string of the molecule is O=Cc1ccc(N2CCC(C(=O)N3CCC4(CC3)CC(=O)c3ccccc3O4)CC2)cc1. The molecular formula is C26H28N2O4. The van der Waals surface area contributed by atoms with Gasteiger partial charge in [0.15, 0.2) is 5.78 Å². The molecule has 0 aliphatic carbocycles. The molecule has 6 nitrogen and oxygen atoms in total. The number of carbonyl (C=O) groups is 3. The van der Waals surface area contributed by atoms with Crippen molar-refractivity contribution in [3.05, 3.63) is 59.7 Å². The lowest BCUT2D eigenvalue weighted by molar-refractivity contribution is -0.139. The number of anilines is 1. The lowest BCUT2D eigenvalue weighted by atomic mass is 9.82. The summed E-state index contributed by atoms with van der Waals surface area (Å²) in [5, 5.41) is 0. The Hall–Kier alpha value is -3.15. The lowest BCUT2D eigenvalue weighted by Gasteiger charge is -2.45. The molecule has 32 heavy (non-hydrogen) atoms. The number of benzene rings is 2. The normalized spacial score (nSPS) is 20.6. The second-order valence-corrected chi connectivity index (χ2v) is 9.18. The maximum Gasteiger partial charge on any atom is 0.225 e. The molecule has 2 fully saturated rings. The average Bonchev–Trinajstić information content (AvgIpc) is 2.84. The van der Waals surface area contributed by atoms with E-state index in [2.05, 4.69) is 4.90 Å². The molecule has 2 aromatic carbocycles. The first-order valence-electron chi connectivity index (χ1n) is 11.5. The zero-order valence-electron chi connectivity index (χ0n) is 18.2. The fourth-order valence-corrected chi connectivity index (χ4v) is 5.26. The molecule has 0 saturated carbocycles. The van der Waals surface area contributed by atoms with Gasteiger partial charge in [-0.25, -0.2) is 0 Å². The van der Waals surface area contributed by atoms with Crippen molar-refractivity contribution < 1.29 is 19.1 Å². The van der Waals surface area contributed by atoms with Crippen LogP contribution in [0.4, 0.5) is 5.69 Å². The number of likely N-dealkylation sites (tertiary alicyclic amines) is 1. The summed E-state index contributed by atoms with van der Waals surface area (Å²) in [6, 6.07) is 15.1. The van der Waals surface area contributed by atoms with E-state index in [0.29, 0.717) is 49.2 Å². The van der Waals surface area contributed by atoms with Crippen LogP contribution in [0.1, 0.15) is 52.8 Å². The van der Waals surface area contributed by atoms with Crippen LogP contribution in [0.15, 0.2) is 48.5 Å². The van der Waals surface area contributed by atoms with Gasteiger partial charge in [0, 0.05) is 56.2 Å². The average molecular weight is 433 g/mol. The summed E-state index contributed by atoms with van der Waals surface area (Å²) >= 11 is 0. The molecule has 2 aromatic rings. The predicted octanol–water partition coefficient (Wildman–Crippen LogP) is 3.74. The first kappa shape index (κ1) is 20.7. The largest absolute Gasteiger partial charge is 0.486 e. The van der Waals surface area contributed by atoms with Crippen LogP contribution in [-0.2, 0) is 4.79 Å². The van der Waals surface area contributed by atoms with Gasteiger partial charge in [0.1, 0.15) is 17.6 Å². The minimum absolute atomic E-state index is 0.0455. The van der Waals surface area contributed by atoms with Crippen molar-refractivity contribution in [1.82, 2.24) is 4.90 Å². The number of Topliss-reactive ketones (excluding diaryl/α,β-unsaturated/α-hetero) is 1. The quantitative estimate of drug-likeness (QED) is 0.692. The molecule has 0 aromatic heterocycles. The van der Waals surface area contributed by atoms with Gasteiger partial charge in [-0.2, -0.15) is 0 Å². The van der Waals surface area contributed by atoms with Crippen molar-refractivity contribution in [2.45, 2.75) is 37.7 Å². The van der Waals surface area contributed by atoms with Crippen LogP contribution in [0.2, 0.25) is 0 Å². The third-order valence-corrected chi connectivity index (χ3v) is 7.22. The molecule has 0 radical (unpaired) electrons. The Labute approximate surface area is 188 Å². The van der Waals surface area contributed by atoms with Crippen molar-refractivity contribution in [1.29, 1.82) is 0 Å². The summed E-state index contributed by atoms with van der Waals surface area (Å²) in [5.41, 5.74) is 1.97. The number of aldehydes is 1. The van der Waals surface area contributed by atoms with Crippen LogP contribution in [0, 0.1) is 5.92 Å². The number of piperidine rings is 2. The Bertz CT molecular complexity index is 1020. The summed E-state index contributed by atoms with van der Waals surface area (Å²) in [4.78, 5) is 40.9. The summed E-state index contributed by atoms with van der Waals surface area (Å²) in [6.45, 7) is 2.95. The minimum Gasteiger partial charge on any atom is -0.486 e. The van der Waals surface area contributed by atoms with Gasteiger partial charge in [-0.3, -0.25) is 14.4 Å². The minimum atomic E-state index is -0.473. The van der Waals surface area contributed by atoms with Crippen molar-refractivity contribution in [3.8, 4) is 5.75 Å². The number of rotatable bonds is 3. The second-order valence-electron chi connectivity index (χ2n) is 9.18. The van der Waals surface area contributed by atoms with E-state index in [9.17, 15) is 14.4 Å². The maximum absolute atomic E-state index is 13.2. The standard InChI is InChI=1S/C26H28N2O4/c29-18-19-5-7-21(8-6-19)27-13-9-20(10-14-27)25(31)28-15-11-26(12-16-28)17-23(30)22-3-1-2-4-24(22)32-26/h1-8,18,20H,9-17H2. The highest BCUT2D eigenvalue weighted by atomic mass is 16.5. The smallest absolute Gasteiger partial charge is 0.225 e. The Morgan fingerprint density at radius 2 is 1.66 bits per heavy atom. The van der Waals surface area contributed by atoms with E-state index in [4.69, 9.17) is 4.74 Å². The number of amides is 1. The molecule has 0 unspecified atom stereocenters. The molecule has 0 bridgehead atoms. The Morgan fingerprint density at radius 1 is 0.969 bits per heavy atom. The zero-order chi connectivity index (χ0) is 22.1. The number of fused-ring (bicyclic) bond motifs is 1. The molecule has 0 N–H and O–H groups in total. The number of hydrogen-bond donors (Lipinski definition) is 0. The highest BCUT2D eigenvalue weighted by Gasteiger charge is 2.44. The number of carbonyl (C=O) groups excluding carboxylic acids is 3. The molecule has 5 rings (SSSR count). The highest BCUT2D eigenvalue weighted by Crippen LogP contribution is 2.39. The van der Waals surface area contributed by atoms with Crippen LogP contribution in [-0.4, -0.2) is 54.7 Å². The molecule has 2 saturated heterocycles. The van der Waals surface area contributed by atoms with Gasteiger partial charge in [-0.05, 0) is 49.2 Å². The molecule has 6 heteroatoms. The predicted molar refractivity (Wildman–Crippen MR) is 121 cm³/mol. The molecular weight excluding hydrogens is 404 g/mol. The summed E-state index contributed by atoms with van der Waals surface area (Å²) < 4.78 is 6.30. The van der Waals surface area contributed by atoms with Crippen molar-refractivity contribution in [3.63, 3.8) is 0 Å². The van der Waals surface area contributed by atoms with Crippen molar-refractivity contribution in [2.24, 2.45) is 5.92 Å². The van der Waals surface area contributed by atoms with E-state index >= 15 is 0 Å². The van der Waals surface area contributed by atoms with Gasteiger partial charge in [0.25, 0.3) is 0 Å². The molecule has 166 valence electrons. The third-order valence-electron chi connectivity index (χ3n) is 7.22. The molecule has 0 atom stereocenters. The zero-order valence-corrected chi connectivity index (χ0v) is 18.2. The van der Waals surface area contributed by atoms with Gasteiger partial charge in [-0.1, -0.05) is 12.1 Å². The van der Waals surface area contributed by atoms with Crippen LogP contribution in [0.25, 0.3) is 0 Å². The van der Waals surface area contributed by atoms with Crippen molar-refractivity contribution in [2.75, 3.05) is 31.1 Å². The fraction of sp³-hybridized carbons (Fsp3) is 0.423. The van der Waals surface area contributed by atoms with Crippen LogP contribution < -0.4 is 9.64 Å². The number of hydrogen-bond acceptors (Lipinski definition) is 5. The van der Waals surface area contributed by atoms with Crippen LogP contribution in [0.5, 0.6) is 5.75 Å². The Kier molecular flexibility index (Phi) is 5.45. The van der Waals surface area contributed by atoms with E-state index in [1.807, 2.05) is 53.4 Å². The van der Waals surface area contributed by atoms with Crippen LogP contribution >= 0.6 is 0 Å². The monoisotopic (exact) mass is 432 g/mol. The molecule has 3 aliphatic rings. The van der Waals surface area contributed by atoms with E-state index in [1.165, 1.54) is 0 Å². The van der Waals surface area contributed by atoms with Crippen LogP contribution in [0.3, 0.4) is 0 Å². The first-order chi connectivity index (χ1) is 15.6. The van der Waals surface area contributed by atoms with Gasteiger partial charge < -0.3 is 14.5 Å². The molecule has 1 spiro atoms. The van der Waals surface area contributed by atoms with Gasteiger partial charge >= 0.3 is 0 Å². The second kappa shape index (κ2) is 8.41. The molecule has 3 heterocycles. The van der Waals surface area contributed by atoms with Gasteiger partial charge in [0.05, 0.1) is 12.0 Å². The Morgan fingerprint density at radius 3 is 2.34 bits per heavy atom. The molecule has 3 aliphatic heterocycles. The lowest BCUT2D eigenvalue weighted by Crippen LogP contribution is -2.53. The fourth-order valence-electron chi connectivity index (χ4n) is 5.26. The van der Waals surface area contributed by atoms with E-state index in [-0.39, 0.29) is 17.6 Å². The number of ether oxygens (including phenoxy) is 1. The maximum atomic E-state index is 13.2. The van der Waals surface area contributed by atoms with E-state index in [0.717, 1.165) is 37.9 Å².